The fourth-order valence-corrected chi connectivity index (χ4v) is 2.56. The van der Waals surface area contributed by atoms with Crippen molar-refractivity contribution in [2.45, 2.75) is 12.7 Å². The molecule has 2 nitrogen and oxygen atoms in total. The van der Waals surface area contributed by atoms with Gasteiger partial charge < -0.3 is 5.11 Å². The fraction of sp³-hybridized carbons (Fsp3) is 0.364. The Hall–Kier alpha value is -0.620. The lowest BCUT2D eigenvalue weighted by molar-refractivity contribution is -0.140. The van der Waals surface area contributed by atoms with E-state index in [0.717, 1.165) is 0 Å². The number of benzene rings is 1. The predicted molar refractivity (Wildman–Crippen MR) is 67.0 cm³/mol. The molecule has 1 rings (SSSR count). The molecule has 0 spiro atoms. The van der Waals surface area contributed by atoms with Crippen LogP contribution in [0.25, 0.3) is 0 Å². The van der Waals surface area contributed by atoms with Crippen LogP contribution in [0.2, 0.25) is 0 Å². The first-order chi connectivity index (χ1) is 7.93. The average Bonchev–Trinajstić information content (AvgIpc) is 2.28. The van der Waals surface area contributed by atoms with Crippen LogP contribution in [0.3, 0.4) is 0 Å². The van der Waals surface area contributed by atoms with Crippen LogP contribution in [-0.2, 0) is 10.5 Å². The Morgan fingerprint density at radius 3 is 2.76 bits per heavy atom. The Labute approximate surface area is 111 Å². The van der Waals surface area contributed by atoms with Gasteiger partial charge in [0.15, 0.2) is 0 Å². The van der Waals surface area contributed by atoms with Gasteiger partial charge in [-0.15, -0.1) is 0 Å². The van der Waals surface area contributed by atoms with Gasteiger partial charge in [0.1, 0.15) is 11.6 Å². The molecule has 0 fully saturated rings. The molecule has 6 heteroatoms. The maximum atomic E-state index is 13.5. The van der Waals surface area contributed by atoms with Crippen molar-refractivity contribution in [3.63, 3.8) is 0 Å². The molecule has 0 saturated heterocycles. The predicted octanol–water partition coefficient (Wildman–Crippen LogP) is 3.68. The summed E-state index contributed by atoms with van der Waals surface area (Å²) in [6.45, 7) is 1.56. The molecule has 1 unspecified atom stereocenters. The zero-order valence-electron chi connectivity index (χ0n) is 9.04. The molecule has 1 aromatic rings. The molecule has 0 aliphatic heterocycles. The zero-order valence-corrected chi connectivity index (χ0v) is 11.4. The number of halogens is 3. The third-order valence-corrected chi connectivity index (χ3v) is 4.02. The maximum Gasteiger partial charge on any atom is 0.307 e. The van der Waals surface area contributed by atoms with Crippen LogP contribution in [0.4, 0.5) is 8.78 Å². The molecule has 17 heavy (non-hydrogen) atoms. The van der Waals surface area contributed by atoms with Crippen molar-refractivity contribution in [2.75, 3.05) is 5.75 Å². The molecule has 1 aromatic carbocycles. The summed E-state index contributed by atoms with van der Waals surface area (Å²) in [4.78, 5) is 10.6. The summed E-state index contributed by atoms with van der Waals surface area (Å²) in [6.07, 6.45) is 0. The Bertz CT molecular complexity index is 426. The highest BCUT2D eigenvalue weighted by Crippen LogP contribution is 2.25. The molecule has 0 saturated carbocycles. The average molecular weight is 325 g/mol. The van der Waals surface area contributed by atoms with E-state index in [0.29, 0.717) is 5.75 Å². The van der Waals surface area contributed by atoms with E-state index >= 15 is 0 Å². The Morgan fingerprint density at radius 1 is 1.53 bits per heavy atom. The molecule has 0 aliphatic carbocycles. The van der Waals surface area contributed by atoms with Crippen molar-refractivity contribution >= 4 is 33.7 Å². The lowest BCUT2D eigenvalue weighted by Crippen LogP contribution is -2.12. The van der Waals surface area contributed by atoms with Gasteiger partial charge in [-0.05, 0) is 28.1 Å². The van der Waals surface area contributed by atoms with Crippen LogP contribution in [0.15, 0.2) is 16.6 Å². The molecule has 0 radical (unpaired) electrons. The van der Waals surface area contributed by atoms with Crippen LogP contribution in [0, 0.1) is 17.6 Å². The van der Waals surface area contributed by atoms with E-state index in [-0.39, 0.29) is 15.8 Å². The maximum absolute atomic E-state index is 13.5. The molecular formula is C11H11BrF2O2S. The van der Waals surface area contributed by atoms with Crippen molar-refractivity contribution in [3.8, 4) is 0 Å². The quantitative estimate of drug-likeness (QED) is 0.839. The molecule has 0 heterocycles. The van der Waals surface area contributed by atoms with Crippen molar-refractivity contribution in [2.24, 2.45) is 5.92 Å². The lowest BCUT2D eigenvalue weighted by atomic mass is 10.2. The summed E-state index contributed by atoms with van der Waals surface area (Å²) in [5.41, 5.74) is -0.0260. The summed E-state index contributed by atoms with van der Waals surface area (Å²) < 4.78 is 27.1. The second-order valence-corrected chi connectivity index (χ2v) is 5.46. The first-order valence-electron chi connectivity index (χ1n) is 4.86. The second-order valence-electron chi connectivity index (χ2n) is 3.58. The highest BCUT2D eigenvalue weighted by Gasteiger charge is 2.15. The van der Waals surface area contributed by atoms with Gasteiger partial charge in [-0.1, -0.05) is 6.92 Å². The van der Waals surface area contributed by atoms with Crippen molar-refractivity contribution in [1.82, 2.24) is 0 Å². The minimum absolute atomic E-state index is 0.0260. The third kappa shape index (κ3) is 3.96. The summed E-state index contributed by atoms with van der Waals surface area (Å²) in [7, 11) is 0. The van der Waals surface area contributed by atoms with E-state index in [1.807, 2.05) is 0 Å². The van der Waals surface area contributed by atoms with Crippen LogP contribution >= 0.6 is 27.7 Å². The molecule has 94 valence electrons. The SMILES string of the molecule is CC(CSCc1c(F)ccc(Br)c1F)C(=O)O. The second kappa shape index (κ2) is 6.35. The van der Waals surface area contributed by atoms with Gasteiger partial charge in [-0.3, -0.25) is 4.79 Å². The molecule has 0 amide bonds. The van der Waals surface area contributed by atoms with E-state index in [2.05, 4.69) is 15.9 Å². The molecule has 0 aliphatic rings. The van der Waals surface area contributed by atoms with Gasteiger partial charge in [0.05, 0.1) is 10.4 Å². The summed E-state index contributed by atoms with van der Waals surface area (Å²) >= 11 is 4.18. The van der Waals surface area contributed by atoms with Crippen molar-refractivity contribution < 1.29 is 18.7 Å². The standard InChI is InChI=1S/C11H11BrF2O2S/c1-6(11(15)16)4-17-5-7-9(13)3-2-8(12)10(7)14/h2-3,6H,4-5H2,1H3,(H,15,16). The topological polar surface area (TPSA) is 37.3 Å². The van der Waals surface area contributed by atoms with Gasteiger partial charge in [0.2, 0.25) is 0 Å². The number of carboxylic acids is 1. The minimum atomic E-state index is -0.910. The highest BCUT2D eigenvalue weighted by molar-refractivity contribution is 9.10. The normalized spacial score (nSPS) is 12.5. The van der Waals surface area contributed by atoms with Crippen LogP contribution in [-0.4, -0.2) is 16.8 Å². The summed E-state index contributed by atoms with van der Waals surface area (Å²) in [5, 5.41) is 8.66. The zero-order chi connectivity index (χ0) is 13.0. The number of carboxylic acid groups (broad SMARTS) is 1. The first kappa shape index (κ1) is 14.4. The van der Waals surface area contributed by atoms with Crippen molar-refractivity contribution in [3.05, 3.63) is 33.8 Å². The van der Waals surface area contributed by atoms with Gasteiger partial charge in [0.25, 0.3) is 0 Å². The first-order valence-corrected chi connectivity index (χ1v) is 6.81. The number of rotatable bonds is 5. The number of hydrogen-bond acceptors (Lipinski definition) is 2. The highest BCUT2D eigenvalue weighted by atomic mass is 79.9. The van der Waals surface area contributed by atoms with Crippen LogP contribution in [0.5, 0.6) is 0 Å². The number of hydrogen-bond donors (Lipinski definition) is 1. The Kier molecular flexibility index (Phi) is 5.39. The largest absolute Gasteiger partial charge is 0.481 e. The summed E-state index contributed by atoms with van der Waals surface area (Å²) in [5.74, 6) is -2.23. The smallest absolute Gasteiger partial charge is 0.307 e. The van der Waals surface area contributed by atoms with Crippen molar-refractivity contribution in [1.29, 1.82) is 0 Å². The fourth-order valence-electron chi connectivity index (χ4n) is 1.11. The van der Waals surface area contributed by atoms with Gasteiger partial charge in [0, 0.05) is 17.1 Å². The van der Waals surface area contributed by atoms with E-state index in [1.54, 1.807) is 6.92 Å². The number of thioether (sulfide) groups is 1. The van der Waals surface area contributed by atoms with E-state index in [9.17, 15) is 13.6 Å². The molecule has 0 aromatic heterocycles. The lowest BCUT2D eigenvalue weighted by Gasteiger charge is -2.08. The molecule has 1 N–H and O–H groups in total. The van der Waals surface area contributed by atoms with E-state index in [4.69, 9.17) is 5.11 Å². The third-order valence-electron chi connectivity index (χ3n) is 2.17. The number of aliphatic carboxylic acids is 1. The van der Waals surface area contributed by atoms with Gasteiger partial charge >= 0.3 is 5.97 Å². The van der Waals surface area contributed by atoms with E-state index in [1.165, 1.54) is 23.9 Å². The Balaban J connectivity index is 2.64. The van der Waals surface area contributed by atoms with Crippen LogP contribution < -0.4 is 0 Å². The summed E-state index contributed by atoms with van der Waals surface area (Å²) in [6, 6.07) is 2.49. The molecule has 1 atom stereocenters. The van der Waals surface area contributed by atoms with E-state index < -0.39 is 23.5 Å². The van der Waals surface area contributed by atoms with Gasteiger partial charge in [-0.25, -0.2) is 8.78 Å². The molecule has 0 bridgehead atoms. The van der Waals surface area contributed by atoms with Crippen LogP contribution in [0.1, 0.15) is 12.5 Å². The Morgan fingerprint density at radius 2 is 2.18 bits per heavy atom. The molecular weight excluding hydrogens is 314 g/mol. The minimum Gasteiger partial charge on any atom is -0.481 e. The monoisotopic (exact) mass is 324 g/mol. The van der Waals surface area contributed by atoms with Gasteiger partial charge in [-0.2, -0.15) is 11.8 Å². The number of carbonyl (C=O) groups is 1.